The lowest BCUT2D eigenvalue weighted by atomic mass is 9.68. The second kappa shape index (κ2) is 12.0. The summed E-state index contributed by atoms with van der Waals surface area (Å²) in [5.41, 5.74) is 2.07. The summed E-state index contributed by atoms with van der Waals surface area (Å²) >= 11 is 0. The van der Waals surface area contributed by atoms with Gasteiger partial charge in [0.15, 0.2) is 0 Å². The Bertz CT molecular complexity index is 871. The molecule has 0 saturated carbocycles. The average molecular weight is 429 g/mol. The van der Waals surface area contributed by atoms with Crippen LogP contribution in [-0.2, 0) is 0 Å². The minimum absolute atomic E-state index is 0.109. The van der Waals surface area contributed by atoms with E-state index in [1.807, 2.05) is 48.5 Å². The van der Waals surface area contributed by atoms with E-state index in [1.54, 1.807) is 0 Å². The number of allylic oxidation sites excluding steroid dienone is 2. The van der Waals surface area contributed by atoms with Crippen molar-refractivity contribution in [1.29, 1.82) is 10.5 Å². The normalized spacial score (nSPS) is 22.0. The maximum Gasteiger partial charge on any atom is 0.119 e. The Morgan fingerprint density at radius 2 is 1.03 bits per heavy atom. The van der Waals surface area contributed by atoms with E-state index in [4.69, 9.17) is 9.47 Å². The Kier molecular flexibility index (Phi) is 8.76. The molecule has 4 atom stereocenters. The average Bonchev–Trinajstić information content (AvgIpc) is 2.84. The lowest BCUT2D eigenvalue weighted by Gasteiger charge is -2.32. The Morgan fingerprint density at radius 3 is 1.34 bits per heavy atom. The first-order chi connectivity index (χ1) is 15.7. The molecule has 0 radical (unpaired) electrons. The van der Waals surface area contributed by atoms with Crippen molar-refractivity contribution in [3.63, 3.8) is 0 Å². The van der Waals surface area contributed by atoms with Crippen LogP contribution in [0.15, 0.2) is 60.7 Å². The van der Waals surface area contributed by atoms with E-state index in [1.165, 1.54) is 0 Å². The van der Waals surface area contributed by atoms with Gasteiger partial charge in [-0.3, -0.25) is 0 Å². The first-order valence-electron chi connectivity index (χ1n) is 11.6. The second-order valence-electron chi connectivity index (χ2n) is 8.29. The molecule has 0 heterocycles. The SMILES string of the molecule is CCCCOc1ccc(C2C=CC(c3ccc(OCCCC)cc3)C(C#N)C2C#N)cc1. The van der Waals surface area contributed by atoms with Gasteiger partial charge in [-0.25, -0.2) is 0 Å². The minimum atomic E-state index is -0.414. The molecule has 2 aromatic rings. The quantitative estimate of drug-likeness (QED) is 0.310. The number of benzene rings is 2. The van der Waals surface area contributed by atoms with E-state index in [9.17, 15) is 10.5 Å². The molecule has 166 valence electrons. The number of rotatable bonds is 10. The Labute approximate surface area is 192 Å². The maximum absolute atomic E-state index is 9.97. The van der Waals surface area contributed by atoms with Gasteiger partial charge >= 0.3 is 0 Å². The van der Waals surface area contributed by atoms with Gasteiger partial charge in [-0.05, 0) is 48.2 Å². The van der Waals surface area contributed by atoms with Gasteiger partial charge in [0, 0.05) is 11.8 Å². The second-order valence-corrected chi connectivity index (χ2v) is 8.29. The molecule has 1 aliphatic carbocycles. The molecule has 0 aromatic heterocycles. The van der Waals surface area contributed by atoms with E-state index in [0.717, 1.165) is 48.3 Å². The fourth-order valence-electron chi connectivity index (χ4n) is 4.12. The van der Waals surface area contributed by atoms with Crippen molar-refractivity contribution in [1.82, 2.24) is 0 Å². The van der Waals surface area contributed by atoms with Gasteiger partial charge in [0.2, 0.25) is 0 Å². The van der Waals surface area contributed by atoms with Gasteiger partial charge in [-0.1, -0.05) is 63.1 Å². The predicted octanol–water partition coefficient (Wildman–Crippen LogP) is 6.76. The molecule has 0 bridgehead atoms. The van der Waals surface area contributed by atoms with Crippen molar-refractivity contribution >= 4 is 0 Å². The van der Waals surface area contributed by atoms with Crippen LogP contribution in [0.5, 0.6) is 11.5 Å². The van der Waals surface area contributed by atoms with Crippen molar-refractivity contribution in [3.8, 4) is 23.6 Å². The molecule has 1 aliphatic rings. The number of hydrogen-bond donors (Lipinski definition) is 0. The number of nitrogens with zero attached hydrogens (tertiary/aromatic N) is 2. The molecule has 32 heavy (non-hydrogen) atoms. The standard InChI is InChI=1S/C28H32N2O2/c1-3-5-17-31-23-11-7-21(8-12-23)25-15-16-26(28(20-30)27(25)19-29)22-9-13-24(14-10-22)32-18-6-4-2/h7-16,25-28H,3-6,17-18H2,1-2H3. The monoisotopic (exact) mass is 428 g/mol. The minimum Gasteiger partial charge on any atom is -0.494 e. The third-order valence-electron chi connectivity index (χ3n) is 6.05. The summed E-state index contributed by atoms with van der Waals surface area (Å²) in [5, 5.41) is 19.9. The first-order valence-corrected chi connectivity index (χ1v) is 11.6. The number of nitriles is 2. The van der Waals surface area contributed by atoms with Gasteiger partial charge in [0.25, 0.3) is 0 Å². The molecule has 2 aromatic carbocycles. The van der Waals surface area contributed by atoms with E-state index in [-0.39, 0.29) is 11.8 Å². The van der Waals surface area contributed by atoms with E-state index in [0.29, 0.717) is 13.2 Å². The van der Waals surface area contributed by atoms with Crippen molar-refractivity contribution in [2.24, 2.45) is 11.8 Å². The van der Waals surface area contributed by atoms with Crippen LogP contribution in [0.3, 0.4) is 0 Å². The van der Waals surface area contributed by atoms with Gasteiger partial charge in [0.1, 0.15) is 11.5 Å². The van der Waals surface area contributed by atoms with Crippen molar-refractivity contribution in [3.05, 3.63) is 71.8 Å². The first kappa shape index (κ1) is 23.4. The lowest BCUT2D eigenvalue weighted by Crippen LogP contribution is -2.27. The number of ether oxygens (including phenoxy) is 2. The Hall–Kier alpha value is -3.24. The van der Waals surface area contributed by atoms with Gasteiger partial charge in [-0.15, -0.1) is 0 Å². The fraction of sp³-hybridized carbons (Fsp3) is 0.429. The van der Waals surface area contributed by atoms with Crippen molar-refractivity contribution in [2.45, 2.75) is 51.4 Å². The molecular weight excluding hydrogens is 396 g/mol. The van der Waals surface area contributed by atoms with Crippen LogP contribution in [0.2, 0.25) is 0 Å². The molecule has 3 rings (SSSR count). The summed E-state index contributed by atoms with van der Waals surface area (Å²) < 4.78 is 11.5. The van der Waals surface area contributed by atoms with Gasteiger partial charge in [0.05, 0.1) is 37.2 Å². The Balaban J connectivity index is 1.76. The van der Waals surface area contributed by atoms with Gasteiger partial charge < -0.3 is 9.47 Å². The lowest BCUT2D eigenvalue weighted by molar-refractivity contribution is 0.309. The van der Waals surface area contributed by atoms with Crippen molar-refractivity contribution < 1.29 is 9.47 Å². The maximum atomic E-state index is 9.97. The molecule has 0 amide bonds. The summed E-state index contributed by atoms with van der Waals surface area (Å²) in [7, 11) is 0. The van der Waals surface area contributed by atoms with Crippen LogP contribution in [0.1, 0.15) is 62.5 Å². The highest BCUT2D eigenvalue weighted by molar-refractivity contribution is 5.40. The molecule has 0 fully saturated rings. The zero-order chi connectivity index (χ0) is 22.8. The van der Waals surface area contributed by atoms with Crippen LogP contribution in [-0.4, -0.2) is 13.2 Å². The fourth-order valence-corrected chi connectivity index (χ4v) is 4.12. The predicted molar refractivity (Wildman–Crippen MR) is 127 cm³/mol. The number of unbranched alkanes of at least 4 members (excludes halogenated alkanes) is 2. The van der Waals surface area contributed by atoms with Crippen LogP contribution in [0, 0.1) is 34.5 Å². The molecular formula is C28H32N2O2. The highest BCUT2D eigenvalue weighted by Crippen LogP contribution is 2.44. The van der Waals surface area contributed by atoms with Crippen LogP contribution in [0.25, 0.3) is 0 Å². The molecule has 4 nitrogen and oxygen atoms in total. The topological polar surface area (TPSA) is 66.0 Å². The zero-order valence-corrected chi connectivity index (χ0v) is 19.0. The summed E-state index contributed by atoms with van der Waals surface area (Å²) in [6, 6.07) is 20.7. The van der Waals surface area contributed by atoms with Crippen molar-refractivity contribution in [2.75, 3.05) is 13.2 Å². The van der Waals surface area contributed by atoms with E-state index in [2.05, 4.69) is 38.1 Å². The molecule has 0 aliphatic heterocycles. The third kappa shape index (κ3) is 5.71. The third-order valence-corrected chi connectivity index (χ3v) is 6.05. The summed E-state index contributed by atoms with van der Waals surface area (Å²) in [6.45, 7) is 5.69. The van der Waals surface area contributed by atoms with E-state index < -0.39 is 11.8 Å². The zero-order valence-electron chi connectivity index (χ0n) is 19.0. The number of hydrogen-bond acceptors (Lipinski definition) is 4. The summed E-state index contributed by atoms with van der Waals surface area (Å²) in [6.07, 6.45) is 8.43. The molecule has 0 saturated heterocycles. The molecule has 0 spiro atoms. The van der Waals surface area contributed by atoms with Crippen LogP contribution < -0.4 is 9.47 Å². The summed E-state index contributed by atoms with van der Waals surface area (Å²) in [5.74, 6) is 0.632. The molecule has 0 N–H and O–H groups in total. The molecule has 4 heteroatoms. The van der Waals surface area contributed by atoms with Gasteiger partial charge in [-0.2, -0.15) is 10.5 Å². The smallest absolute Gasteiger partial charge is 0.119 e. The van der Waals surface area contributed by atoms with Crippen LogP contribution >= 0.6 is 0 Å². The highest BCUT2D eigenvalue weighted by Gasteiger charge is 2.38. The molecule has 4 unspecified atom stereocenters. The van der Waals surface area contributed by atoms with E-state index >= 15 is 0 Å². The largest absolute Gasteiger partial charge is 0.494 e. The summed E-state index contributed by atoms with van der Waals surface area (Å²) in [4.78, 5) is 0. The Morgan fingerprint density at radius 1 is 0.656 bits per heavy atom. The van der Waals surface area contributed by atoms with Crippen LogP contribution in [0.4, 0.5) is 0 Å². The highest BCUT2D eigenvalue weighted by atomic mass is 16.5.